The van der Waals surface area contributed by atoms with Crippen LogP contribution >= 0.6 is 0 Å². The third-order valence-electron chi connectivity index (χ3n) is 4.62. The molecule has 2 aromatic rings. The van der Waals surface area contributed by atoms with Crippen LogP contribution in [0.5, 0.6) is 0 Å². The van der Waals surface area contributed by atoms with Crippen LogP contribution < -0.4 is 4.90 Å². The minimum Gasteiger partial charge on any atom is -0.461 e. The predicted molar refractivity (Wildman–Crippen MR) is 98.3 cm³/mol. The molecule has 5 nitrogen and oxygen atoms in total. The molecule has 0 saturated heterocycles. The summed E-state index contributed by atoms with van der Waals surface area (Å²) in [5.74, 6) is -1.12. The first-order valence-corrected chi connectivity index (χ1v) is 8.74. The summed E-state index contributed by atoms with van der Waals surface area (Å²) in [6.07, 6.45) is 1.44. The Hall–Kier alpha value is -2.95. The number of carbonyl (C=O) groups is 3. The van der Waals surface area contributed by atoms with Crippen molar-refractivity contribution >= 4 is 23.5 Å². The van der Waals surface area contributed by atoms with Crippen molar-refractivity contribution in [2.45, 2.75) is 40.2 Å². The predicted octanol–water partition coefficient (Wildman–Crippen LogP) is 3.68. The summed E-state index contributed by atoms with van der Waals surface area (Å²) in [6.45, 7) is 5.29. The van der Waals surface area contributed by atoms with Crippen LogP contribution in [0.15, 0.2) is 36.4 Å². The average molecular weight is 351 g/mol. The molecule has 0 fully saturated rings. The van der Waals surface area contributed by atoms with Gasteiger partial charge in [0.15, 0.2) is 0 Å². The molecule has 1 heterocycles. The summed E-state index contributed by atoms with van der Waals surface area (Å²) in [5.41, 5.74) is 3.83. The number of carbonyl (C=O) groups excluding carboxylic acids is 3. The van der Waals surface area contributed by atoms with Gasteiger partial charge in [-0.15, -0.1) is 0 Å². The van der Waals surface area contributed by atoms with Crippen LogP contribution in [0.1, 0.15) is 58.2 Å². The van der Waals surface area contributed by atoms with Crippen molar-refractivity contribution in [3.8, 4) is 0 Å². The SMILES string of the molecule is CCc1cccc(CC)c1N1C(=O)c2cccc(COC(C)=O)c2C1=O. The van der Waals surface area contributed by atoms with E-state index in [4.69, 9.17) is 4.74 Å². The standard InChI is InChI=1S/C21H21NO4/c1-4-14-8-6-9-15(5-2)19(14)22-20(24)17-11-7-10-16(12-26-13(3)23)18(17)21(22)25/h6-11H,4-5,12H2,1-3H3. The van der Waals surface area contributed by atoms with Crippen LogP contribution in [0.25, 0.3) is 0 Å². The molecule has 5 heteroatoms. The molecule has 1 aliphatic heterocycles. The molecule has 0 unspecified atom stereocenters. The number of amides is 2. The second-order valence-corrected chi connectivity index (χ2v) is 6.20. The van der Waals surface area contributed by atoms with E-state index in [9.17, 15) is 14.4 Å². The van der Waals surface area contributed by atoms with Crippen LogP contribution in [0.3, 0.4) is 0 Å². The van der Waals surface area contributed by atoms with Crippen molar-refractivity contribution in [3.63, 3.8) is 0 Å². The number of hydrogen-bond acceptors (Lipinski definition) is 4. The molecule has 0 N–H and O–H groups in total. The third kappa shape index (κ3) is 2.90. The monoisotopic (exact) mass is 351 g/mol. The Morgan fingerprint density at radius 3 is 2.08 bits per heavy atom. The molecule has 2 aromatic carbocycles. The van der Waals surface area contributed by atoms with Gasteiger partial charge in [0.1, 0.15) is 6.61 Å². The summed E-state index contributed by atoms with van der Waals surface area (Å²) in [6, 6.07) is 10.9. The fraction of sp³-hybridized carbons (Fsp3) is 0.286. The lowest BCUT2D eigenvalue weighted by atomic mass is 10.0. The summed E-state index contributed by atoms with van der Waals surface area (Å²) in [4.78, 5) is 38.6. The molecule has 0 spiro atoms. The number of anilines is 1. The molecule has 0 aliphatic carbocycles. The maximum Gasteiger partial charge on any atom is 0.302 e. The van der Waals surface area contributed by atoms with E-state index in [1.54, 1.807) is 18.2 Å². The molecule has 1 aliphatic rings. The number of imide groups is 1. The quantitative estimate of drug-likeness (QED) is 0.609. The molecular weight excluding hydrogens is 330 g/mol. The molecular formula is C21H21NO4. The molecule has 0 bridgehead atoms. The highest BCUT2D eigenvalue weighted by atomic mass is 16.5. The summed E-state index contributed by atoms with van der Waals surface area (Å²) in [7, 11) is 0. The third-order valence-corrected chi connectivity index (χ3v) is 4.62. The number of para-hydroxylation sites is 1. The number of benzene rings is 2. The normalized spacial score (nSPS) is 13.1. The molecule has 0 aromatic heterocycles. The van der Waals surface area contributed by atoms with E-state index >= 15 is 0 Å². The summed E-state index contributed by atoms with van der Waals surface area (Å²) in [5, 5.41) is 0. The molecule has 134 valence electrons. The number of nitrogens with zero attached hydrogens (tertiary/aromatic N) is 1. The van der Waals surface area contributed by atoms with Gasteiger partial charge in [0.2, 0.25) is 0 Å². The lowest BCUT2D eigenvalue weighted by Crippen LogP contribution is -2.31. The number of rotatable bonds is 5. The Morgan fingerprint density at radius 2 is 1.50 bits per heavy atom. The number of aryl methyl sites for hydroxylation is 2. The molecule has 0 radical (unpaired) electrons. The van der Waals surface area contributed by atoms with Crippen LogP contribution in [0, 0.1) is 0 Å². The molecule has 3 rings (SSSR count). The van der Waals surface area contributed by atoms with Crippen LogP contribution in [0.4, 0.5) is 5.69 Å². The van der Waals surface area contributed by atoms with Gasteiger partial charge in [0.25, 0.3) is 11.8 Å². The number of fused-ring (bicyclic) bond motifs is 1. The zero-order valence-corrected chi connectivity index (χ0v) is 15.2. The van der Waals surface area contributed by atoms with E-state index in [0.29, 0.717) is 22.4 Å². The Bertz CT molecular complexity index is 879. The maximum atomic E-state index is 13.2. The minimum absolute atomic E-state index is 0.0264. The number of ether oxygens (including phenoxy) is 1. The Labute approximate surface area is 152 Å². The molecule has 0 saturated carbocycles. The molecule has 26 heavy (non-hydrogen) atoms. The van der Waals surface area contributed by atoms with Gasteiger partial charge >= 0.3 is 5.97 Å². The fourth-order valence-corrected chi connectivity index (χ4v) is 3.36. The van der Waals surface area contributed by atoms with Crippen molar-refractivity contribution in [1.29, 1.82) is 0 Å². The zero-order chi connectivity index (χ0) is 18.8. The topological polar surface area (TPSA) is 63.7 Å². The smallest absolute Gasteiger partial charge is 0.302 e. The second-order valence-electron chi connectivity index (χ2n) is 6.20. The Balaban J connectivity index is 2.11. The molecule has 2 amide bonds. The highest BCUT2D eigenvalue weighted by Gasteiger charge is 2.40. The van der Waals surface area contributed by atoms with Gasteiger partial charge in [0, 0.05) is 12.5 Å². The van der Waals surface area contributed by atoms with Gasteiger partial charge in [-0.1, -0.05) is 44.2 Å². The first-order valence-electron chi connectivity index (χ1n) is 8.74. The van der Waals surface area contributed by atoms with Gasteiger partial charge < -0.3 is 4.74 Å². The summed E-state index contributed by atoms with van der Waals surface area (Å²) >= 11 is 0. The van der Waals surface area contributed by atoms with E-state index in [2.05, 4.69) is 0 Å². The van der Waals surface area contributed by atoms with Crippen LogP contribution in [0.2, 0.25) is 0 Å². The largest absolute Gasteiger partial charge is 0.461 e. The van der Waals surface area contributed by atoms with E-state index in [1.807, 2.05) is 32.0 Å². The first-order chi connectivity index (χ1) is 12.5. The maximum absolute atomic E-state index is 13.2. The van der Waals surface area contributed by atoms with E-state index in [-0.39, 0.29) is 18.4 Å². The van der Waals surface area contributed by atoms with Crippen molar-refractivity contribution in [1.82, 2.24) is 0 Å². The van der Waals surface area contributed by atoms with Crippen LogP contribution in [-0.2, 0) is 29.0 Å². The van der Waals surface area contributed by atoms with Crippen molar-refractivity contribution < 1.29 is 19.1 Å². The lowest BCUT2D eigenvalue weighted by Gasteiger charge is -2.21. The van der Waals surface area contributed by atoms with Crippen molar-refractivity contribution in [2.75, 3.05) is 4.90 Å². The van der Waals surface area contributed by atoms with Gasteiger partial charge in [-0.2, -0.15) is 0 Å². The van der Waals surface area contributed by atoms with E-state index < -0.39 is 5.97 Å². The zero-order valence-electron chi connectivity index (χ0n) is 15.2. The first kappa shape index (κ1) is 17.9. The van der Waals surface area contributed by atoms with Crippen LogP contribution in [-0.4, -0.2) is 17.8 Å². The van der Waals surface area contributed by atoms with Gasteiger partial charge in [-0.05, 0) is 30.0 Å². The number of esters is 1. The minimum atomic E-state index is -0.430. The number of hydrogen-bond donors (Lipinski definition) is 0. The van der Waals surface area contributed by atoms with E-state index in [0.717, 1.165) is 24.0 Å². The Kier molecular flexibility index (Phi) is 4.89. The highest BCUT2D eigenvalue weighted by Crippen LogP contribution is 2.35. The molecule has 0 atom stereocenters. The highest BCUT2D eigenvalue weighted by molar-refractivity contribution is 6.35. The fourth-order valence-electron chi connectivity index (χ4n) is 3.36. The van der Waals surface area contributed by atoms with Gasteiger partial charge in [-0.3, -0.25) is 14.4 Å². The average Bonchev–Trinajstić information content (AvgIpc) is 2.90. The van der Waals surface area contributed by atoms with Gasteiger partial charge in [-0.25, -0.2) is 4.90 Å². The van der Waals surface area contributed by atoms with Crippen molar-refractivity contribution in [2.24, 2.45) is 0 Å². The lowest BCUT2D eigenvalue weighted by molar-refractivity contribution is -0.142. The van der Waals surface area contributed by atoms with Crippen molar-refractivity contribution in [3.05, 3.63) is 64.2 Å². The Morgan fingerprint density at radius 1 is 0.923 bits per heavy atom. The summed E-state index contributed by atoms with van der Waals surface area (Å²) < 4.78 is 5.05. The van der Waals surface area contributed by atoms with Gasteiger partial charge in [0.05, 0.1) is 16.8 Å². The van der Waals surface area contributed by atoms with E-state index in [1.165, 1.54) is 11.8 Å². The second kappa shape index (κ2) is 7.12.